The molecule has 0 saturated carbocycles. The molecule has 0 saturated heterocycles. The van der Waals surface area contributed by atoms with E-state index in [4.69, 9.17) is 5.26 Å². The number of amides is 2. The number of carbonyl (C=O) groups excluding carboxylic acids is 2. The molecule has 0 radical (unpaired) electrons. The first-order valence-electron chi connectivity index (χ1n) is 10.6. The molecular weight excluding hydrogens is 388 g/mol. The minimum atomic E-state index is -0.206. The van der Waals surface area contributed by atoms with Gasteiger partial charge in [-0.05, 0) is 42.3 Å². The van der Waals surface area contributed by atoms with E-state index in [1.807, 2.05) is 54.6 Å². The Labute approximate surface area is 183 Å². The molecule has 0 atom stereocenters. The van der Waals surface area contributed by atoms with E-state index in [-0.39, 0.29) is 31.1 Å². The lowest BCUT2D eigenvalue weighted by molar-refractivity contribution is -0.122. The summed E-state index contributed by atoms with van der Waals surface area (Å²) in [6.07, 6.45) is 2.47. The van der Waals surface area contributed by atoms with Crippen LogP contribution < -0.4 is 10.2 Å². The van der Waals surface area contributed by atoms with E-state index in [0.717, 1.165) is 28.8 Å². The Morgan fingerprint density at radius 3 is 2.58 bits per heavy atom. The van der Waals surface area contributed by atoms with Crippen LogP contribution in [-0.4, -0.2) is 22.9 Å². The van der Waals surface area contributed by atoms with Gasteiger partial charge in [-0.25, -0.2) is 0 Å². The average Bonchev–Trinajstić information content (AvgIpc) is 3.14. The van der Waals surface area contributed by atoms with E-state index in [0.29, 0.717) is 12.5 Å². The molecule has 1 N–H and O–H groups in total. The first kappa shape index (κ1) is 22.1. The Kier molecular flexibility index (Phi) is 7.45. The van der Waals surface area contributed by atoms with Crippen molar-refractivity contribution in [3.8, 4) is 6.07 Å². The first-order valence-corrected chi connectivity index (χ1v) is 10.6. The van der Waals surface area contributed by atoms with E-state index >= 15 is 0 Å². The molecule has 3 aromatic rings. The van der Waals surface area contributed by atoms with Gasteiger partial charge in [-0.2, -0.15) is 5.26 Å². The molecule has 31 heavy (non-hydrogen) atoms. The van der Waals surface area contributed by atoms with E-state index in [2.05, 4.69) is 36.0 Å². The van der Waals surface area contributed by atoms with E-state index < -0.39 is 0 Å². The van der Waals surface area contributed by atoms with Crippen molar-refractivity contribution in [2.24, 2.45) is 5.92 Å². The van der Waals surface area contributed by atoms with Crippen LogP contribution in [0.1, 0.15) is 33.1 Å². The van der Waals surface area contributed by atoms with Gasteiger partial charge in [0.1, 0.15) is 0 Å². The number of nitriles is 1. The van der Waals surface area contributed by atoms with Crippen LogP contribution in [0.2, 0.25) is 0 Å². The SMILES string of the molecule is CC(C)Cn1ccc2cc(NC(=O)CCC(=O)N(CCC#N)c3ccccc3)ccc21. The number of aromatic nitrogens is 1. The smallest absolute Gasteiger partial charge is 0.227 e. The zero-order valence-corrected chi connectivity index (χ0v) is 18.0. The quantitative estimate of drug-likeness (QED) is 0.535. The maximum Gasteiger partial charge on any atom is 0.227 e. The van der Waals surface area contributed by atoms with Gasteiger partial charge >= 0.3 is 0 Å². The highest BCUT2D eigenvalue weighted by molar-refractivity contribution is 5.99. The summed E-state index contributed by atoms with van der Waals surface area (Å²) >= 11 is 0. The van der Waals surface area contributed by atoms with E-state index in [1.165, 1.54) is 0 Å². The van der Waals surface area contributed by atoms with Crippen LogP contribution in [0.3, 0.4) is 0 Å². The lowest BCUT2D eigenvalue weighted by Crippen LogP contribution is -2.32. The molecule has 0 bridgehead atoms. The topological polar surface area (TPSA) is 78.1 Å². The van der Waals surface area contributed by atoms with Crippen LogP contribution in [0.5, 0.6) is 0 Å². The molecule has 6 nitrogen and oxygen atoms in total. The van der Waals surface area contributed by atoms with Crippen LogP contribution in [-0.2, 0) is 16.1 Å². The van der Waals surface area contributed by atoms with Crippen molar-refractivity contribution in [2.45, 2.75) is 39.7 Å². The summed E-state index contributed by atoms with van der Waals surface area (Å²) in [7, 11) is 0. The van der Waals surface area contributed by atoms with Crippen LogP contribution in [0.4, 0.5) is 11.4 Å². The summed E-state index contributed by atoms with van der Waals surface area (Å²) < 4.78 is 2.21. The molecule has 0 fully saturated rings. The minimum Gasteiger partial charge on any atom is -0.347 e. The van der Waals surface area contributed by atoms with Gasteiger partial charge in [-0.15, -0.1) is 0 Å². The molecular formula is C25H28N4O2. The van der Waals surface area contributed by atoms with Gasteiger partial charge < -0.3 is 14.8 Å². The summed E-state index contributed by atoms with van der Waals surface area (Å²) in [6, 6.07) is 19.2. The number of benzene rings is 2. The Balaban J connectivity index is 1.60. The normalized spacial score (nSPS) is 10.8. The fourth-order valence-electron chi connectivity index (χ4n) is 3.58. The number of carbonyl (C=O) groups is 2. The van der Waals surface area contributed by atoms with Crippen LogP contribution >= 0.6 is 0 Å². The van der Waals surface area contributed by atoms with Crippen molar-refractivity contribution in [3.05, 3.63) is 60.8 Å². The Hall–Kier alpha value is -3.59. The summed E-state index contributed by atoms with van der Waals surface area (Å²) in [5, 5.41) is 12.9. The highest BCUT2D eigenvalue weighted by Gasteiger charge is 2.17. The predicted octanol–water partition coefficient (Wildman–Crippen LogP) is 4.96. The molecule has 6 heteroatoms. The predicted molar refractivity (Wildman–Crippen MR) is 124 cm³/mol. The number of rotatable bonds is 9. The van der Waals surface area contributed by atoms with Gasteiger partial charge in [0.05, 0.1) is 12.5 Å². The number of nitrogens with zero attached hydrogens (tertiary/aromatic N) is 3. The molecule has 0 spiro atoms. The van der Waals surface area contributed by atoms with Crippen molar-refractivity contribution in [2.75, 3.05) is 16.8 Å². The third-order valence-electron chi connectivity index (χ3n) is 5.00. The highest BCUT2D eigenvalue weighted by atomic mass is 16.2. The fraction of sp³-hybridized carbons (Fsp3) is 0.320. The number of hydrogen-bond donors (Lipinski definition) is 1. The molecule has 160 valence electrons. The van der Waals surface area contributed by atoms with Gasteiger partial charge in [0.15, 0.2) is 0 Å². The van der Waals surface area contributed by atoms with E-state index in [9.17, 15) is 9.59 Å². The van der Waals surface area contributed by atoms with Crippen LogP contribution in [0.25, 0.3) is 10.9 Å². The maximum atomic E-state index is 12.7. The first-order chi connectivity index (χ1) is 15.0. The third-order valence-corrected chi connectivity index (χ3v) is 5.00. The van der Waals surface area contributed by atoms with Crippen molar-refractivity contribution in [3.63, 3.8) is 0 Å². The summed E-state index contributed by atoms with van der Waals surface area (Å²) in [5.74, 6) is 0.177. The Morgan fingerprint density at radius 2 is 1.87 bits per heavy atom. The number of fused-ring (bicyclic) bond motifs is 1. The van der Waals surface area contributed by atoms with Crippen molar-refractivity contribution < 1.29 is 9.59 Å². The van der Waals surface area contributed by atoms with Crippen LogP contribution in [0.15, 0.2) is 60.8 Å². The minimum absolute atomic E-state index is 0.0825. The summed E-state index contributed by atoms with van der Waals surface area (Å²) in [4.78, 5) is 26.7. The second-order valence-electron chi connectivity index (χ2n) is 7.97. The molecule has 0 aliphatic carbocycles. The highest BCUT2D eigenvalue weighted by Crippen LogP contribution is 2.22. The lowest BCUT2D eigenvalue weighted by atomic mass is 10.2. The standard InChI is InChI=1S/C25H28N4O2/c1-19(2)18-28-16-13-20-17-21(9-10-23(20)28)27-24(30)11-12-25(31)29(15-6-14-26)22-7-4-3-5-8-22/h3-5,7-10,13,16-17,19H,6,11-12,15,18H2,1-2H3,(H,27,30). The second kappa shape index (κ2) is 10.4. The van der Waals surface area contributed by atoms with Gasteiger partial charge in [-0.3, -0.25) is 9.59 Å². The molecule has 0 aliphatic rings. The van der Waals surface area contributed by atoms with Crippen molar-refractivity contribution in [1.29, 1.82) is 5.26 Å². The number of hydrogen-bond acceptors (Lipinski definition) is 3. The number of anilines is 2. The number of para-hydroxylation sites is 1. The zero-order valence-electron chi connectivity index (χ0n) is 18.0. The maximum absolute atomic E-state index is 12.7. The molecule has 2 aromatic carbocycles. The van der Waals surface area contributed by atoms with Crippen molar-refractivity contribution >= 4 is 34.1 Å². The Bertz CT molecular complexity index is 1080. The average molecular weight is 417 g/mol. The van der Waals surface area contributed by atoms with Crippen LogP contribution in [0, 0.1) is 17.2 Å². The molecule has 1 aromatic heterocycles. The zero-order chi connectivity index (χ0) is 22.2. The van der Waals surface area contributed by atoms with Gasteiger partial charge in [-0.1, -0.05) is 32.0 Å². The molecule has 2 amide bonds. The molecule has 1 heterocycles. The second-order valence-corrected chi connectivity index (χ2v) is 7.97. The van der Waals surface area contributed by atoms with Gasteiger partial charge in [0, 0.05) is 54.4 Å². The van der Waals surface area contributed by atoms with Gasteiger partial charge in [0.25, 0.3) is 0 Å². The number of nitrogens with one attached hydrogen (secondary N) is 1. The largest absolute Gasteiger partial charge is 0.347 e. The lowest BCUT2D eigenvalue weighted by Gasteiger charge is -2.21. The van der Waals surface area contributed by atoms with Gasteiger partial charge in [0.2, 0.25) is 11.8 Å². The molecule has 3 rings (SSSR count). The monoisotopic (exact) mass is 416 g/mol. The van der Waals surface area contributed by atoms with Crippen molar-refractivity contribution in [1.82, 2.24) is 4.57 Å². The molecule has 0 unspecified atom stereocenters. The summed E-state index contributed by atoms with van der Waals surface area (Å²) in [5.41, 5.74) is 2.59. The third kappa shape index (κ3) is 5.95. The fourth-order valence-corrected chi connectivity index (χ4v) is 3.58. The Morgan fingerprint density at radius 1 is 1.10 bits per heavy atom. The summed E-state index contributed by atoms with van der Waals surface area (Å²) in [6.45, 7) is 5.62. The van der Waals surface area contributed by atoms with E-state index in [1.54, 1.807) is 4.90 Å². The molecule has 0 aliphatic heterocycles.